The molecule has 1 saturated heterocycles. The highest BCUT2D eigenvalue weighted by atomic mass is 32.2. The quantitative estimate of drug-likeness (QED) is 0.831. The van der Waals surface area contributed by atoms with E-state index in [-0.39, 0.29) is 28.3 Å². The van der Waals surface area contributed by atoms with Gasteiger partial charge in [0.15, 0.2) is 0 Å². The lowest BCUT2D eigenvalue weighted by Crippen LogP contribution is -2.39. The van der Waals surface area contributed by atoms with Crippen molar-refractivity contribution in [2.75, 3.05) is 26.7 Å². The molecule has 8 heteroatoms. The molecule has 0 spiro atoms. The van der Waals surface area contributed by atoms with Gasteiger partial charge in [-0.15, -0.1) is 0 Å². The van der Waals surface area contributed by atoms with Gasteiger partial charge < -0.3 is 10.2 Å². The maximum absolute atomic E-state index is 12.6. The van der Waals surface area contributed by atoms with E-state index in [1.165, 1.54) is 18.3 Å². The normalized spacial score (nSPS) is 16.6. The summed E-state index contributed by atoms with van der Waals surface area (Å²) < 4.78 is 37.8. The summed E-state index contributed by atoms with van der Waals surface area (Å²) in [6.45, 7) is 2.10. The fourth-order valence-corrected chi connectivity index (χ4v) is 3.29. The molecule has 0 bridgehead atoms. The van der Waals surface area contributed by atoms with Gasteiger partial charge in [-0.05, 0) is 50.9 Å². The summed E-state index contributed by atoms with van der Waals surface area (Å²) in [6, 6.07) is 2.91. The van der Waals surface area contributed by atoms with Crippen molar-refractivity contribution in [1.29, 1.82) is 0 Å². The third-order valence-electron chi connectivity index (χ3n) is 3.92. The third-order valence-corrected chi connectivity index (χ3v) is 4.67. The predicted octanol–water partition coefficient (Wildman–Crippen LogP) is 3.16. The van der Waals surface area contributed by atoms with Crippen molar-refractivity contribution in [2.45, 2.75) is 29.8 Å². The molecule has 0 aliphatic carbocycles. The molecule has 0 atom stereocenters. The second-order valence-corrected chi connectivity index (χ2v) is 6.59. The number of nitrogens with one attached hydrogen (secondary N) is 1. The number of hydrogen-bond donors (Lipinski definition) is 1. The molecule has 0 saturated carbocycles. The van der Waals surface area contributed by atoms with E-state index in [1.54, 1.807) is 4.90 Å². The van der Waals surface area contributed by atoms with Gasteiger partial charge in [0.05, 0.1) is 5.56 Å². The summed E-state index contributed by atoms with van der Waals surface area (Å²) in [5.41, 5.74) is -4.42. The van der Waals surface area contributed by atoms with Crippen LogP contribution in [0.5, 0.6) is 0 Å². The van der Waals surface area contributed by atoms with Crippen molar-refractivity contribution in [3.8, 4) is 0 Å². The second kappa shape index (κ2) is 8.01. The van der Waals surface area contributed by atoms with Crippen LogP contribution in [-0.2, 0) is 0 Å². The van der Waals surface area contributed by atoms with Crippen molar-refractivity contribution in [3.05, 3.63) is 23.9 Å². The number of carbonyl (C=O) groups is 1. The number of halogens is 3. The summed E-state index contributed by atoms with van der Waals surface area (Å²) in [5, 5.41) is 2.83. The van der Waals surface area contributed by atoms with Crippen LogP contribution in [0, 0.1) is 5.92 Å². The van der Waals surface area contributed by atoms with Crippen molar-refractivity contribution < 1.29 is 18.0 Å². The molecule has 1 fully saturated rings. The lowest BCUT2D eigenvalue weighted by atomic mass is 9.93. The highest BCUT2D eigenvalue weighted by Crippen LogP contribution is 2.37. The zero-order valence-corrected chi connectivity index (χ0v) is 13.7. The number of alkyl halides is 3. The zero-order chi connectivity index (χ0) is 16.9. The molecule has 0 aromatic carbocycles. The number of rotatable bonds is 5. The van der Waals surface area contributed by atoms with Crippen LogP contribution in [0.2, 0.25) is 0 Å². The molecule has 1 aliphatic heterocycles. The molecule has 0 radical (unpaired) electrons. The largest absolute Gasteiger partial charge is 0.447 e. The van der Waals surface area contributed by atoms with Crippen LogP contribution in [-0.4, -0.2) is 48.0 Å². The number of likely N-dealkylation sites (tertiary alicyclic amines) is 1. The van der Waals surface area contributed by atoms with Crippen LogP contribution in [0.25, 0.3) is 0 Å². The summed E-state index contributed by atoms with van der Waals surface area (Å²) in [7, 11) is 1.90. The van der Waals surface area contributed by atoms with E-state index >= 15 is 0 Å². The third kappa shape index (κ3) is 5.39. The van der Waals surface area contributed by atoms with Crippen molar-refractivity contribution in [2.24, 2.45) is 5.92 Å². The Balaban J connectivity index is 2.02. The zero-order valence-electron chi connectivity index (χ0n) is 12.9. The predicted molar refractivity (Wildman–Crippen MR) is 83.3 cm³/mol. The first-order chi connectivity index (χ1) is 10.9. The van der Waals surface area contributed by atoms with Crippen LogP contribution in [0.3, 0.4) is 0 Å². The first-order valence-corrected chi connectivity index (χ1v) is 8.37. The molecule has 1 amide bonds. The Hall–Kier alpha value is -1.28. The number of thioether (sulfide) groups is 1. The van der Waals surface area contributed by atoms with E-state index in [9.17, 15) is 18.0 Å². The van der Waals surface area contributed by atoms with Crippen molar-refractivity contribution in [3.63, 3.8) is 0 Å². The van der Waals surface area contributed by atoms with Gasteiger partial charge in [-0.2, -0.15) is 13.2 Å². The van der Waals surface area contributed by atoms with Gasteiger partial charge in [-0.3, -0.25) is 4.79 Å². The van der Waals surface area contributed by atoms with Crippen molar-refractivity contribution in [1.82, 2.24) is 15.2 Å². The van der Waals surface area contributed by atoms with Gasteiger partial charge in [-0.1, -0.05) is 0 Å². The lowest BCUT2D eigenvalue weighted by Gasteiger charge is -2.32. The second-order valence-electron chi connectivity index (χ2n) is 5.53. The van der Waals surface area contributed by atoms with E-state index < -0.39 is 5.51 Å². The molecular weight excluding hydrogens is 327 g/mol. The van der Waals surface area contributed by atoms with Gasteiger partial charge in [0.25, 0.3) is 5.91 Å². The van der Waals surface area contributed by atoms with Gasteiger partial charge in [0, 0.05) is 31.0 Å². The Bertz CT molecular complexity index is 531. The van der Waals surface area contributed by atoms with E-state index in [0.29, 0.717) is 19.0 Å². The molecule has 0 unspecified atom stereocenters. The topological polar surface area (TPSA) is 45.2 Å². The number of amides is 1. The summed E-state index contributed by atoms with van der Waals surface area (Å²) in [6.07, 6.45) is 4.10. The Morgan fingerprint density at radius 1 is 1.43 bits per heavy atom. The lowest BCUT2D eigenvalue weighted by molar-refractivity contribution is -0.0329. The number of aromatic nitrogens is 1. The summed E-state index contributed by atoms with van der Waals surface area (Å²) in [4.78, 5) is 17.9. The number of piperidine rings is 1. The van der Waals surface area contributed by atoms with E-state index in [4.69, 9.17) is 0 Å². The molecule has 2 heterocycles. The number of hydrogen-bond acceptors (Lipinski definition) is 4. The maximum Gasteiger partial charge on any atom is 0.447 e. The number of carbonyl (C=O) groups excluding carboxylic acids is 1. The molecule has 128 valence electrons. The van der Waals surface area contributed by atoms with Crippen LogP contribution < -0.4 is 5.32 Å². The molecule has 2 rings (SSSR count). The van der Waals surface area contributed by atoms with Crippen LogP contribution >= 0.6 is 11.8 Å². The molecule has 23 heavy (non-hydrogen) atoms. The maximum atomic E-state index is 12.6. The smallest absolute Gasteiger partial charge is 0.339 e. The average Bonchev–Trinajstić information content (AvgIpc) is 2.52. The minimum atomic E-state index is -4.45. The molecule has 1 aliphatic rings. The Morgan fingerprint density at radius 2 is 2.13 bits per heavy atom. The first-order valence-electron chi connectivity index (χ1n) is 7.55. The Labute approximate surface area is 137 Å². The van der Waals surface area contributed by atoms with Crippen LogP contribution in [0.15, 0.2) is 23.4 Å². The molecule has 1 aromatic rings. The number of pyridine rings is 1. The Morgan fingerprint density at radius 3 is 2.74 bits per heavy atom. The fourth-order valence-electron chi connectivity index (χ4n) is 2.69. The molecule has 4 nitrogen and oxygen atoms in total. The van der Waals surface area contributed by atoms with Crippen molar-refractivity contribution >= 4 is 17.7 Å². The molecule has 1 aromatic heterocycles. The van der Waals surface area contributed by atoms with E-state index in [0.717, 1.165) is 25.8 Å². The number of nitrogens with zero attached hydrogens (tertiary/aromatic N) is 2. The SMILES string of the molecule is CNCCC1CCN(C(=O)c2cccnc2SC(F)(F)F)CC1. The van der Waals surface area contributed by atoms with Gasteiger partial charge in [0.1, 0.15) is 5.03 Å². The fraction of sp³-hybridized carbons (Fsp3) is 0.600. The van der Waals surface area contributed by atoms with E-state index in [2.05, 4.69) is 10.3 Å². The minimum absolute atomic E-state index is 0.0310. The highest BCUT2D eigenvalue weighted by molar-refractivity contribution is 8.00. The average molecular weight is 347 g/mol. The monoisotopic (exact) mass is 347 g/mol. The molecular formula is C15H20F3N3OS. The van der Waals surface area contributed by atoms with Gasteiger partial charge in [-0.25, -0.2) is 4.98 Å². The first kappa shape index (κ1) is 18.1. The highest BCUT2D eigenvalue weighted by Gasteiger charge is 2.33. The summed E-state index contributed by atoms with van der Waals surface area (Å²) in [5.74, 6) is 0.196. The van der Waals surface area contributed by atoms with Gasteiger partial charge >= 0.3 is 5.51 Å². The van der Waals surface area contributed by atoms with E-state index in [1.807, 2.05) is 7.05 Å². The van der Waals surface area contributed by atoms with Gasteiger partial charge in [0.2, 0.25) is 0 Å². The summed E-state index contributed by atoms with van der Waals surface area (Å²) >= 11 is -0.336. The Kier molecular flexibility index (Phi) is 6.29. The molecule has 1 N–H and O–H groups in total. The van der Waals surface area contributed by atoms with Crippen LogP contribution in [0.1, 0.15) is 29.6 Å². The minimum Gasteiger partial charge on any atom is -0.339 e. The standard InChI is InChI=1S/C15H20F3N3OS/c1-19-8-4-11-5-9-21(10-6-11)14(22)12-3-2-7-20-13(12)23-15(16,17)18/h2-3,7,11,19H,4-6,8-10H2,1H3. The van der Waals surface area contributed by atoms with Crippen LogP contribution in [0.4, 0.5) is 13.2 Å².